The van der Waals surface area contributed by atoms with Crippen LogP contribution < -0.4 is 5.56 Å². The minimum absolute atomic E-state index is 0.174. The van der Waals surface area contributed by atoms with Crippen LogP contribution in [-0.2, 0) is 6.67 Å². The van der Waals surface area contributed by atoms with Gasteiger partial charge in [0.25, 0.3) is 16.3 Å². The fraction of sp³-hybridized carbons (Fsp3) is 0.364. The molecule has 0 atom stereocenters. The monoisotopic (exact) mass is 439 g/mol. The second-order valence-electron chi connectivity index (χ2n) is 7.87. The van der Waals surface area contributed by atoms with Gasteiger partial charge < -0.3 is 14.3 Å². The van der Waals surface area contributed by atoms with Crippen molar-refractivity contribution in [2.75, 3.05) is 26.2 Å². The van der Waals surface area contributed by atoms with Gasteiger partial charge in [-0.3, -0.25) is 14.5 Å². The summed E-state index contributed by atoms with van der Waals surface area (Å²) in [5.74, 6) is 0.269. The second kappa shape index (κ2) is 8.99. The Labute approximate surface area is 185 Å². The zero-order valence-corrected chi connectivity index (χ0v) is 18.4. The molecule has 0 saturated carbocycles. The standard InChI is InChI=1S/C22H25N5O3S/c1-15-11-16(2)13-17(12-15)20-24-27(22(31)30-20)14-25-7-4-8-26(10-9-25)21(29)18-5-3-6-23-19(18)28/h3,5-6,11-13H,4,7-10,14H2,1-2H3,(H,23,28). The largest absolute Gasteiger partial charge is 0.409 e. The number of nitrogens with one attached hydrogen (secondary N) is 1. The predicted octanol–water partition coefficient (Wildman–Crippen LogP) is 2.98. The molecule has 31 heavy (non-hydrogen) atoms. The van der Waals surface area contributed by atoms with Gasteiger partial charge in [-0.15, -0.1) is 5.10 Å². The molecule has 3 aromatic rings. The zero-order chi connectivity index (χ0) is 22.0. The molecule has 4 rings (SSSR count). The van der Waals surface area contributed by atoms with Crippen LogP contribution in [0.2, 0.25) is 0 Å². The molecule has 162 valence electrons. The molecule has 1 aliphatic rings. The number of benzene rings is 1. The summed E-state index contributed by atoms with van der Waals surface area (Å²) in [6.45, 7) is 7.14. The van der Waals surface area contributed by atoms with Crippen molar-refractivity contribution in [3.05, 3.63) is 68.4 Å². The number of aryl methyl sites for hydroxylation is 2. The number of amides is 1. The van der Waals surface area contributed by atoms with Gasteiger partial charge in [0, 0.05) is 37.9 Å². The lowest BCUT2D eigenvalue weighted by molar-refractivity contribution is 0.0757. The van der Waals surface area contributed by atoms with E-state index in [2.05, 4.69) is 21.0 Å². The number of aromatic amines is 1. The molecule has 0 unspecified atom stereocenters. The van der Waals surface area contributed by atoms with Gasteiger partial charge in [-0.2, -0.15) is 0 Å². The van der Waals surface area contributed by atoms with Gasteiger partial charge in [-0.1, -0.05) is 17.2 Å². The van der Waals surface area contributed by atoms with E-state index >= 15 is 0 Å². The topological polar surface area (TPSA) is 87.4 Å². The van der Waals surface area contributed by atoms with Crippen molar-refractivity contribution in [3.63, 3.8) is 0 Å². The molecule has 1 amide bonds. The van der Waals surface area contributed by atoms with Crippen LogP contribution in [0.25, 0.3) is 11.5 Å². The highest BCUT2D eigenvalue weighted by molar-refractivity contribution is 7.71. The predicted molar refractivity (Wildman–Crippen MR) is 119 cm³/mol. The Bertz CT molecular complexity index is 1190. The van der Waals surface area contributed by atoms with Crippen LogP contribution >= 0.6 is 12.2 Å². The average molecular weight is 440 g/mol. The average Bonchev–Trinajstić information content (AvgIpc) is 2.94. The van der Waals surface area contributed by atoms with E-state index in [9.17, 15) is 9.59 Å². The maximum Gasteiger partial charge on any atom is 0.288 e. The number of hydrogen-bond acceptors (Lipinski definition) is 6. The molecule has 1 N–H and O–H groups in total. The summed E-state index contributed by atoms with van der Waals surface area (Å²) in [4.78, 5) is 31.5. The Kier molecular flexibility index (Phi) is 6.15. The number of aromatic nitrogens is 3. The summed E-state index contributed by atoms with van der Waals surface area (Å²) in [6, 6.07) is 9.38. The van der Waals surface area contributed by atoms with Crippen LogP contribution in [0.15, 0.2) is 45.7 Å². The third-order valence-corrected chi connectivity index (χ3v) is 5.63. The Morgan fingerprint density at radius 2 is 1.94 bits per heavy atom. The highest BCUT2D eigenvalue weighted by Crippen LogP contribution is 2.21. The van der Waals surface area contributed by atoms with E-state index in [0.717, 1.165) is 29.7 Å². The first-order chi connectivity index (χ1) is 14.9. The Morgan fingerprint density at radius 3 is 2.68 bits per heavy atom. The molecule has 9 heteroatoms. The van der Waals surface area contributed by atoms with Crippen LogP contribution in [0.3, 0.4) is 0 Å². The Balaban J connectivity index is 1.45. The van der Waals surface area contributed by atoms with Crippen LogP contribution in [-0.4, -0.2) is 56.7 Å². The third-order valence-electron chi connectivity index (χ3n) is 5.33. The molecular weight excluding hydrogens is 414 g/mol. The lowest BCUT2D eigenvalue weighted by Gasteiger charge is -2.21. The molecule has 0 radical (unpaired) electrons. The SMILES string of the molecule is Cc1cc(C)cc(-c2nn(CN3CCCN(C(=O)c4ccc[nH]c4=O)CC3)c(=S)o2)c1. The van der Waals surface area contributed by atoms with Gasteiger partial charge in [0.2, 0.25) is 5.89 Å². The first kappa shape index (κ1) is 21.2. The second-order valence-corrected chi connectivity index (χ2v) is 8.22. The van der Waals surface area contributed by atoms with Crippen LogP contribution in [0, 0.1) is 18.7 Å². The lowest BCUT2D eigenvalue weighted by atomic mass is 10.1. The van der Waals surface area contributed by atoms with Crippen LogP contribution in [0.1, 0.15) is 27.9 Å². The van der Waals surface area contributed by atoms with Crippen molar-refractivity contribution in [2.45, 2.75) is 26.9 Å². The van der Waals surface area contributed by atoms with Crippen molar-refractivity contribution in [1.29, 1.82) is 0 Å². The van der Waals surface area contributed by atoms with E-state index in [1.54, 1.807) is 21.7 Å². The van der Waals surface area contributed by atoms with Crippen molar-refractivity contribution in [3.8, 4) is 11.5 Å². The molecule has 0 bridgehead atoms. The third kappa shape index (κ3) is 4.83. The van der Waals surface area contributed by atoms with Gasteiger partial charge in [0.15, 0.2) is 0 Å². The maximum absolute atomic E-state index is 12.7. The van der Waals surface area contributed by atoms with Gasteiger partial charge in [0.05, 0.1) is 6.67 Å². The van der Waals surface area contributed by atoms with E-state index < -0.39 is 0 Å². The summed E-state index contributed by atoms with van der Waals surface area (Å²) >= 11 is 5.39. The molecule has 8 nitrogen and oxygen atoms in total. The molecule has 1 aromatic carbocycles. The molecule has 1 aliphatic heterocycles. The minimum atomic E-state index is -0.360. The first-order valence-electron chi connectivity index (χ1n) is 10.3. The van der Waals surface area contributed by atoms with Crippen LogP contribution in [0.4, 0.5) is 0 Å². The number of H-pyrrole nitrogens is 1. The van der Waals surface area contributed by atoms with Gasteiger partial charge in [-0.25, -0.2) is 4.68 Å². The Morgan fingerprint density at radius 1 is 1.16 bits per heavy atom. The fourth-order valence-electron chi connectivity index (χ4n) is 3.88. The maximum atomic E-state index is 12.7. The smallest absolute Gasteiger partial charge is 0.288 e. The van der Waals surface area contributed by atoms with E-state index in [1.807, 2.05) is 26.0 Å². The molecule has 1 fully saturated rings. The lowest BCUT2D eigenvalue weighted by Crippen LogP contribution is -2.38. The van der Waals surface area contributed by atoms with Crippen LogP contribution in [0.5, 0.6) is 0 Å². The molecule has 2 aromatic heterocycles. The van der Waals surface area contributed by atoms with E-state index in [0.29, 0.717) is 37.0 Å². The van der Waals surface area contributed by atoms with E-state index in [1.165, 1.54) is 6.20 Å². The number of carbonyl (C=O) groups is 1. The summed E-state index contributed by atoms with van der Waals surface area (Å²) in [5, 5.41) is 4.58. The van der Waals surface area contributed by atoms with E-state index in [-0.39, 0.29) is 17.0 Å². The van der Waals surface area contributed by atoms with Crippen molar-refractivity contribution < 1.29 is 9.21 Å². The number of hydrogen-bond donors (Lipinski definition) is 1. The Hall–Kier alpha value is -3.04. The number of carbonyl (C=O) groups excluding carboxylic acids is 1. The van der Waals surface area contributed by atoms with Crippen molar-refractivity contribution in [2.24, 2.45) is 0 Å². The quantitative estimate of drug-likeness (QED) is 0.629. The zero-order valence-electron chi connectivity index (χ0n) is 17.6. The molecule has 0 spiro atoms. The highest BCUT2D eigenvalue weighted by atomic mass is 32.1. The van der Waals surface area contributed by atoms with Crippen molar-refractivity contribution >= 4 is 18.1 Å². The van der Waals surface area contributed by atoms with Gasteiger partial charge in [0.1, 0.15) is 5.56 Å². The summed E-state index contributed by atoms with van der Waals surface area (Å²) in [6.07, 6.45) is 2.32. The van der Waals surface area contributed by atoms with E-state index in [4.69, 9.17) is 16.6 Å². The summed E-state index contributed by atoms with van der Waals surface area (Å²) in [5.41, 5.74) is 3.00. The van der Waals surface area contributed by atoms with Gasteiger partial charge >= 0.3 is 0 Å². The molecule has 3 heterocycles. The van der Waals surface area contributed by atoms with Gasteiger partial charge in [-0.05, 0) is 56.8 Å². The van der Waals surface area contributed by atoms with Crippen molar-refractivity contribution in [1.82, 2.24) is 24.6 Å². The molecule has 0 aliphatic carbocycles. The molecular formula is C22H25N5O3S. The number of rotatable bonds is 4. The number of nitrogens with zero attached hydrogens (tertiary/aromatic N) is 4. The molecule has 1 saturated heterocycles. The minimum Gasteiger partial charge on any atom is -0.409 e. The first-order valence-corrected chi connectivity index (χ1v) is 10.7. The summed E-state index contributed by atoms with van der Waals surface area (Å²) < 4.78 is 7.43. The fourth-order valence-corrected chi connectivity index (χ4v) is 4.05. The highest BCUT2D eigenvalue weighted by Gasteiger charge is 2.22. The summed E-state index contributed by atoms with van der Waals surface area (Å²) in [7, 11) is 0. The number of pyridine rings is 1. The normalized spacial score (nSPS) is 15.1.